The molecule has 8 heteroatoms. The number of hydrogen-bond acceptors (Lipinski definition) is 3. The van der Waals surface area contributed by atoms with Crippen molar-refractivity contribution in [3.8, 4) is 0 Å². The van der Waals surface area contributed by atoms with Crippen LogP contribution >= 0.6 is 0 Å². The summed E-state index contributed by atoms with van der Waals surface area (Å²) in [5.41, 5.74) is -1.24. The number of carboxylic acids is 1. The van der Waals surface area contributed by atoms with Crippen molar-refractivity contribution in [1.29, 1.82) is 0 Å². The molecule has 25 heavy (non-hydrogen) atoms. The maximum absolute atomic E-state index is 12.9. The Morgan fingerprint density at radius 1 is 1.24 bits per heavy atom. The van der Waals surface area contributed by atoms with E-state index in [1.54, 1.807) is 20.8 Å². The van der Waals surface area contributed by atoms with Crippen LogP contribution in [0.2, 0.25) is 0 Å². The van der Waals surface area contributed by atoms with E-state index in [0.29, 0.717) is 5.56 Å². The minimum absolute atomic E-state index is 0.00676. The molecule has 0 unspecified atom stereocenters. The molecule has 0 spiro atoms. The van der Waals surface area contributed by atoms with Gasteiger partial charge in [-0.15, -0.1) is 0 Å². The molecule has 0 bridgehead atoms. The number of aliphatic carboxylic acids is 1. The largest absolute Gasteiger partial charge is 0.480 e. The summed E-state index contributed by atoms with van der Waals surface area (Å²) < 4.78 is 43.8. The normalized spacial score (nSPS) is 21.3. The zero-order valence-corrected chi connectivity index (χ0v) is 14.1. The molecule has 138 valence electrons. The van der Waals surface area contributed by atoms with Crippen LogP contribution in [0, 0.1) is 0 Å². The first-order valence-electron chi connectivity index (χ1n) is 7.78. The standard InChI is InChI=1S/C17H20F3NO4/c1-16(2,3)25-15(24)21-9-11(8-13(21)14(22)23)10-5-4-6-12(7-10)17(18,19)20/h4-7,11,13H,8-9H2,1-3H3,(H,22,23)/t11-,13-/m1/s1. The smallest absolute Gasteiger partial charge is 0.416 e. The summed E-state index contributed by atoms with van der Waals surface area (Å²) in [6, 6.07) is 3.62. The third-order valence-electron chi connectivity index (χ3n) is 3.90. The molecule has 0 aromatic heterocycles. The number of nitrogens with zero attached hydrogens (tertiary/aromatic N) is 1. The van der Waals surface area contributed by atoms with Crippen molar-refractivity contribution >= 4 is 12.1 Å². The van der Waals surface area contributed by atoms with E-state index in [1.165, 1.54) is 12.1 Å². The number of rotatable bonds is 2. The van der Waals surface area contributed by atoms with Crippen LogP contribution in [0.5, 0.6) is 0 Å². The van der Waals surface area contributed by atoms with Gasteiger partial charge in [0.1, 0.15) is 11.6 Å². The number of carbonyl (C=O) groups is 2. The van der Waals surface area contributed by atoms with Gasteiger partial charge < -0.3 is 9.84 Å². The van der Waals surface area contributed by atoms with Crippen molar-refractivity contribution in [2.24, 2.45) is 0 Å². The lowest BCUT2D eigenvalue weighted by Crippen LogP contribution is -2.43. The number of likely N-dealkylation sites (tertiary alicyclic amines) is 1. The Hall–Kier alpha value is -2.25. The first-order valence-corrected chi connectivity index (χ1v) is 7.78. The van der Waals surface area contributed by atoms with Crippen LogP contribution in [0.4, 0.5) is 18.0 Å². The van der Waals surface area contributed by atoms with Crippen LogP contribution in [0.25, 0.3) is 0 Å². The molecule has 2 rings (SSSR count). The number of amides is 1. The van der Waals surface area contributed by atoms with E-state index in [1.807, 2.05) is 0 Å². The number of alkyl halides is 3. The molecule has 1 aromatic rings. The van der Waals surface area contributed by atoms with Crippen molar-refractivity contribution in [1.82, 2.24) is 4.90 Å². The van der Waals surface area contributed by atoms with Crippen molar-refractivity contribution in [2.75, 3.05) is 6.54 Å². The molecule has 0 aliphatic carbocycles. The van der Waals surface area contributed by atoms with Crippen molar-refractivity contribution in [2.45, 2.75) is 50.9 Å². The Morgan fingerprint density at radius 3 is 2.40 bits per heavy atom. The summed E-state index contributed by atoms with van der Waals surface area (Å²) in [6.45, 7) is 4.95. The van der Waals surface area contributed by atoms with Crippen molar-refractivity contribution in [3.05, 3.63) is 35.4 Å². The fourth-order valence-electron chi connectivity index (χ4n) is 2.80. The van der Waals surface area contributed by atoms with Crippen molar-refractivity contribution < 1.29 is 32.6 Å². The van der Waals surface area contributed by atoms with Gasteiger partial charge >= 0.3 is 18.2 Å². The van der Waals surface area contributed by atoms with E-state index in [2.05, 4.69) is 0 Å². The van der Waals surface area contributed by atoms with Gasteiger partial charge in [0.05, 0.1) is 5.56 Å². The number of carbonyl (C=O) groups excluding carboxylic acids is 1. The molecule has 1 amide bonds. The molecule has 1 N–H and O–H groups in total. The predicted octanol–water partition coefficient (Wildman–Crippen LogP) is 3.88. The predicted molar refractivity (Wildman–Crippen MR) is 83.2 cm³/mol. The molecule has 1 aliphatic rings. The van der Waals surface area contributed by atoms with Crippen molar-refractivity contribution in [3.63, 3.8) is 0 Å². The average molecular weight is 359 g/mol. The third kappa shape index (κ3) is 4.64. The highest BCUT2D eigenvalue weighted by Gasteiger charge is 2.42. The number of hydrogen-bond donors (Lipinski definition) is 1. The molecular formula is C17H20F3NO4. The molecule has 0 radical (unpaired) electrons. The van der Waals surface area contributed by atoms with Crippen LogP contribution in [0.1, 0.15) is 44.2 Å². The number of halogens is 3. The minimum atomic E-state index is -4.48. The summed E-state index contributed by atoms with van der Waals surface area (Å²) in [5.74, 6) is -1.71. The minimum Gasteiger partial charge on any atom is -0.480 e. The molecule has 0 saturated carbocycles. The van der Waals surface area contributed by atoms with Gasteiger partial charge in [-0.1, -0.05) is 18.2 Å². The molecule has 1 saturated heterocycles. The van der Waals surface area contributed by atoms with E-state index < -0.39 is 41.4 Å². The van der Waals surface area contributed by atoms with E-state index in [4.69, 9.17) is 4.74 Å². The Kier molecular flexibility index (Phi) is 5.02. The van der Waals surface area contributed by atoms with Gasteiger partial charge in [0.15, 0.2) is 0 Å². The highest BCUT2D eigenvalue weighted by atomic mass is 19.4. The van der Waals surface area contributed by atoms with Gasteiger partial charge in [-0.25, -0.2) is 9.59 Å². The highest BCUT2D eigenvalue weighted by molar-refractivity contribution is 5.81. The Balaban J connectivity index is 2.25. The van der Waals surface area contributed by atoms with Gasteiger partial charge in [-0.3, -0.25) is 4.90 Å². The van der Waals surface area contributed by atoms with Gasteiger partial charge in [0, 0.05) is 12.5 Å². The van der Waals surface area contributed by atoms with Crippen LogP contribution in [0.15, 0.2) is 24.3 Å². The Bertz CT molecular complexity index is 667. The molecular weight excluding hydrogens is 339 g/mol. The number of benzene rings is 1. The molecule has 1 aromatic carbocycles. The second-order valence-electron chi connectivity index (χ2n) is 7.04. The van der Waals surface area contributed by atoms with Gasteiger partial charge in [0.2, 0.25) is 0 Å². The topological polar surface area (TPSA) is 66.8 Å². The van der Waals surface area contributed by atoms with E-state index in [0.717, 1.165) is 17.0 Å². The molecule has 5 nitrogen and oxygen atoms in total. The van der Waals surface area contributed by atoms with E-state index in [-0.39, 0.29) is 13.0 Å². The zero-order valence-electron chi connectivity index (χ0n) is 14.1. The lowest BCUT2D eigenvalue weighted by atomic mass is 9.95. The average Bonchev–Trinajstić information content (AvgIpc) is 2.90. The summed E-state index contributed by atoms with van der Waals surface area (Å²) in [7, 11) is 0. The molecule has 1 aliphatic heterocycles. The second kappa shape index (κ2) is 6.57. The zero-order chi connectivity index (χ0) is 19.0. The summed E-state index contributed by atoms with van der Waals surface area (Å²) in [6.07, 6.45) is -5.23. The monoisotopic (exact) mass is 359 g/mol. The molecule has 1 fully saturated rings. The second-order valence-corrected chi connectivity index (χ2v) is 7.04. The third-order valence-corrected chi connectivity index (χ3v) is 3.90. The first-order chi connectivity index (χ1) is 11.4. The fourth-order valence-corrected chi connectivity index (χ4v) is 2.80. The van der Waals surface area contributed by atoms with Crippen LogP contribution in [-0.4, -0.2) is 40.3 Å². The summed E-state index contributed by atoms with van der Waals surface area (Å²) in [4.78, 5) is 24.8. The van der Waals surface area contributed by atoms with Gasteiger partial charge in [-0.2, -0.15) is 13.2 Å². The lowest BCUT2D eigenvalue weighted by Gasteiger charge is -2.26. The summed E-state index contributed by atoms with van der Waals surface area (Å²) in [5, 5.41) is 9.35. The fraction of sp³-hybridized carbons (Fsp3) is 0.529. The maximum Gasteiger partial charge on any atom is 0.416 e. The number of carboxylic acid groups (broad SMARTS) is 1. The molecule has 1 heterocycles. The quantitative estimate of drug-likeness (QED) is 0.870. The lowest BCUT2D eigenvalue weighted by molar-refractivity contribution is -0.142. The highest BCUT2D eigenvalue weighted by Crippen LogP contribution is 2.36. The Labute approximate surface area is 143 Å². The maximum atomic E-state index is 12.9. The summed E-state index contributed by atoms with van der Waals surface area (Å²) >= 11 is 0. The van der Waals surface area contributed by atoms with E-state index in [9.17, 15) is 27.9 Å². The number of ether oxygens (including phenoxy) is 1. The molecule has 2 atom stereocenters. The SMILES string of the molecule is CC(C)(C)OC(=O)N1C[C@H](c2cccc(C(F)(F)F)c2)C[C@@H]1C(=O)O. The Morgan fingerprint density at radius 2 is 1.88 bits per heavy atom. The van der Waals surface area contributed by atoms with Gasteiger partial charge in [-0.05, 0) is 38.8 Å². The van der Waals surface area contributed by atoms with Crippen LogP contribution in [0.3, 0.4) is 0 Å². The first kappa shape index (κ1) is 19.1. The van der Waals surface area contributed by atoms with E-state index >= 15 is 0 Å². The van der Waals surface area contributed by atoms with Crippen LogP contribution < -0.4 is 0 Å². The van der Waals surface area contributed by atoms with Crippen LogP contribution in [-0.2, 0) is 15.7 Å². The van der Waals surface area contributed by atoms with Gasteiger partial charge in [0.25, 0.3) is 0 Å².